The van der Waals surface area contributed by atoms with Crippen molar-refractivity contribution >= 4 is 19.4 Å². The zero-order chi connectivity index (χ0) is 17.7. The fourth-order valence-electron chi connectivity index (χ4n) is 2.36. The number of methoxy groups -OCH3 is 1. The number of hydrogen-bond donors (Lipinski definition) is 2. The van der Waals surface area contributed by atoms with E-state index in [4.69, 9.17) is 4.52 Å². The summed E-state index contributed by atoms with van der Waals surface area (Å²) in [4.78, 5) is 23.6. The first-order chi connectivity index (χ1) is 11.4. The van der Waals surface area contributed by atoms with E-state index in [-0.39, 0.29) is 19.5 Å². The van der Waals surface area contributed by atoms with Crippen molar-refractivity contribution in [1.29, 1.82) is 0 Å². The highest BCUT2D eigenvalue weighted by molar-refractivity contribution is 7.59. The van der Waals surface area contributed by atoms with Crippen LogP contribution >= 0.6 is 7.52 Å². The highest BCUT2D eigenvalue weighted by atomic mass is 31.2. The first kappa shape index (κ1) is 18.4. The molecular weight excluding hydrogens is 335 g/mol. The lowest BCUT2D eigenvalue weighted by Gasteiger charge is -2.32. The van der Waals surface area contributed by atoms with Gasteiger partial charge in [-0.25, -0.2) is 10.2 Å². The van der Waals surface area contributed by atoms with Gasteiger partial charge in [0.1, 0.15) is 18.0 Å². The van der Waals surface area contributed by atoms with Crippen LogP contribution in [0.4, 0.5) is 0 Å². The van der Waals surface area contributed by atoms with Crippen molar-refractivity contribution in [2.75, 3.05) is 20.2 Å². The van der Waals surface area contributed by atoms with Crippen LogP contribution in [0.2, 0.25) is 0 Å². The van der Waals surface area contributed by atoms with Gasteiger partial charge in [0.25, 0.3) is 5.91 Å². The van der Waals surface area contributed by atoms with Gasteiger partial charge in [-0.2, -0.15) is 0 Å². The van der Waals surface area contributed by atoms with Gasteiger partial charge in [-0.15, -0.1) is 0 Å². The summed E-state index contributed by atoms with van der Waals surface area (Å²) >= 11 is 0. The molecule has 1 amide bonds. The summed E-state index contributed by atoms with van der Waals surface area (Å²) in [5.74, 6) is -1.01. The average molecular weight is 356 g/mol. The normalized spacial score (nSPS) is 20.4. The number of rotatable bonds is 6. The van der Waals surface area contributed by atoms with Gasteiger partial charge >= 0.3 is 13.5 Å². The minimum atomic E-state index is -3.79. The maximum absolute atomic E-state index is 13.3. The predicted octanol–water partition coefficient (Wildman–Crippen LogP) is 1.71. The van der Waals surface area contributed by atoms with Gasteiger partial charge < -0.3 is 9.26 Å². The second kappa shape index (κ2) is 7.79. The smallest absolute Gasteiger partial charge is 0.329 e. The third kappa shape index (κ3) is 4.35. The van der Waals surface area contributed by atoms with Gasteiger partial charge in [0, 0.05) is 6.54 Å². The van der Waals surface area contributed by atoms with Crippen molar-refractivity contribution in [1.82, 2.24) is 10.2 Å². The summed E-state index contributed by atoms with van der Waals surface area (Å²) in [5, 5.41) is 12.7. The standard InChI is InChI=1S/C15H21N2O6P/c1-11-5-7-12(8-6-11)23-24(21,16-10-14(18)22-2)13-4-3-9-17(20)15(13)19/h5-8,13,20H,3-4,9-10H2,1-2H3,(H,16,21). The second-order valence-electron chi connectivity index (χ2n) is 5.53. The van der Waals surface area contributed by atoms with E-state index in [0.717, 1.165) is 5.56 Å². The van der Waals surface area contributed by atoms with Crippen LogP contribution < -0.4 is 9.61 Å². The summed E-state index contributed by atoms with van der Waals surface area (Å²) < 4.78 is 23.4. The number of aryl methyl sites for hydroxylation is 1. The van der Waals surface area contributed by atoms with Crippen LogP contribution in [0.3, 0.4) is 0 Å². The number of piperidine rings is 1. The molecule has 1 fully saturated rings. The SMILES string of the molecule is COC(=O)CNP(=O)(Oc1ccc(C)cc1)C1CCCN(O)C1=O. The first-order valence-electron chi connectivity index (χ1n) is 7.54. The third-order valence-corrected chi connectivity index (χ3v) is 6.11. The number of esters is 1. The summed E-state index contributed by atoms with van der Waals surface area (Å²) in [6.07, 6.45) is 0.765. The van der Waals surface area contributed by atoms with Gasteiger partial charge in [-0.05, 0) is 31.9 Å². The van der Waals surface area contributed by atoms with E-state index >= 15 is 0 Å². The lowest BCUT2D eigenvalue weighted by atomic mass is 10.1. The van der Waals surface area contributed by atoms with E-state index in [1.165, 1.54) is 7.11 Å². The van der Waals surface area contributed by atoms with Crippen LogP contribution in [0.1, 0.15) is 18.4 Å². The molecule has 1 aliphatic heterocycles. The summed E-state index contributed by atoms with van der Waals surface area (Å²) in [6, 6.07) is 6.82. The molecule has 0 aromatic heterocycles. The molecule has 1 heterocycles. The number of ether oxygens (including phenoxy) is 1. The van der Waals surface area contributed by atoms with E-state index in [1.54, 1.807) is 24.3 Å². The minimum absolute atomic E-state index is 0.177. The van der Waals surface area contributed by atoms with E-state index < -0.39 is 25.1 Å². The fourth-order valence-corrected chi connectivity index (χ4v) is 4.51. The molecule has 132 valence electrons. The molecule has 2 rings (SSSR count). The Hall–Kier alpha value is -1.89. The van der Waals surface area contributed by atoms with Crippen molar-refractivity contribution in [3.63, 3.8) is 0 Å². The van der Waals surface area contributed by atoms with Crippen molar-refractivity contribution in [2.24, 2.45) is 0 Å². The topological polar surface area (TPSA) is 105 Å². The van der Waals surface area contributed by atoms with Crippen LogP contribution in [0.15, 0.2) is 24.3 Å². The van der Waals surface area contributed by atoms with Gasteiger partial charge in [0.05, 0.1) is 7.11 Å². The molecule has 8 nitrogen and oxygen atoms in total. The Labute approximate surface area is 140 Å². The first-order valence-corrected chi connectivity index (χ1v) is 9.23. The Balaban J connectivity index is 2.26. The molecule has 1 aliphatic rings. The highest BCUT2D eigenvalue weighted by Crippen LogP contribution is 2.51. The molecule has 0 saturated carbocycles. The molecule has 1 aromatic carbocycles. The molecule has 24 heavy (non-hydrogen) atoms. The molecule has 1 saturated heterocycles. The molecule has 1 aromatic rings. The van der Waals surface area contributed by atoms with Crippen LogP contribution in [0.25, 0.3) is 0 Å². The van der Waals surface area contributed by atoms with Gasteiger partial charge in [-0.1, -0.05) is 17.7 Å². The lowest BCUT2D eigenvalue weighted by Crippen LogP contribution is -2.45. The zero-order valence-corrected chi connectivity index (χ0v) is 14.5. The largest absolute Gasteiger partial charge is 0.468 e. The maximum Gasteiger partial charge on any atom is 0.329 e. The summed E-state index contributed by atoms with van der Waals surface area (Å²) in [5.41, 5.74) is -0.0720. The van der Waals surface area contributed by atoms with Crippen molar-refractivity contribution < 1.29 is 28.6 Å². The van der Waals surface area contributed by atoms with E-state index in [0.29, 0.717) is 17.2 Å². The lowest BCUT2D eigenvalue weighted by molar-refractivity contribution is -0.169. The maximum atomic E-state index is 13.3. The predicted molar refractivity (Wildman–Crippen MR) is 86.0 cm³/mol. The number of carbonyl (C=O) groups is 2. The molecular formula is C15H21N2O6P. The minimum Gasteiger partial charge on any atom is -0.468 e. The third-order valence-electron chi connectivity index (χ3n) is 3.73. The summed E-state index contributed by atoms with van der Waals surface area (Å²) in [7, 11) is -2.59. The number of nitrogens with one attached hydrogen (secondary N) is 1. The number of benzene rings is 1. The van der Waals surface area contributed by atoms with Gasteiger partial charge in [-0.3, -0.25) is 19.4 Å². The Morgan fingerprint density at radius 3 is 2.71 bits per heavy atom. The van der Waals surface area contributed by atoms with Crippen molar-refractivity contribution in [3.8, 4) is 5.75 Å². The Bertz CT molecular complexity index is 648. The van der Waals surface area contributed by atoms with Crippen LogP contribution in [-0.4, -0.2) is 48.0 Å². The second-order valence-corrected chi connectivity index (χ2v) is 7.85. The van der Waals surface area contributed by atoms with Crippen molar-refractivity contribution in [3.05, 3.63) is 29.8 Å². The van der Waals surface area contributed by atoms with E-state index in [9.17, 15) is 19.4 Å². The number of carbonyl (C=O) groups excluding carboxylic acids is 2. The molecule has 0 radical (unpaired) electrons. The van der Waals surface area contributed by atoms with Crippen LogP contribution in [0.5, 0.6) is 5.75 Å². The molecule has 9 heteroatoms. The molecule has 2 atom stereocenters. The molecule has 0 aliphatic carbocycles. The molecule has 2 unspecified atom stereocenters. The van der Waals surface area contributed by atoms with E-state index in [2.05, 4.69) is 9.82 Å². The van der Waals surface area contributed by atoms with E-state index in [1.807, 2.05) is 6.92 Å². The number of hydroxylamine groups is 2. The Morgan fingerprint density at radius 2 is 2.08 bits per heavy atom. The quantitative estimate of drug-likeness (QED) is 0.454. The molecule has 2 N–H and O–H groups in total. The summed E-state index contributed by atoms with van der Waals surface area (Å²) in [6.45, 7) is 1.71. The molecule has 0 bridgehead atoms. The molecule has 0 spiro atoms. The highest BCUT2D eigenvalue weighted by Gasteiger charge is 2.45. The fraction of sp³-hybridized carbons (Fsp3) is 0.467. The average Bonchev–Trinajstić information content (AvgIpc) is 2.57. The van der Waals surface area contributed by atoms with Crippen LogP contribution in [0, 0.1) is 6.92 Å². The van der Waals surface area contributed by atoms with Crippen LogP contribution in [-0.2, 0) is 18.9 Å². The number of nitrogens with zero attached hydrogens (tertiary/aromatic N) is 1. The number of amides is 1. The van der Waals surface area contributed by atoms with Gasteiger partial charge in [0.2, 0.25) is 0 Å². The Morgan fingerprint density at radius 1 is 1.42 bits per heavy atom. The monoisotopic (exact) mass is 356 g/mol. The van der Waals surface area contributed by atoms with Crippen molar-refractivity contribution in [2.45, 2.75) is 25.4 Å². The van der Waals surface area contributed by atoms with Gasteiger partial charge in [0.15, 0.2) is 0 Å². The Kier molecular flexibility index (Phi) is 5.99. The number of hydrogen-bond acceptors (Lipinski definition) is 6. The zero-order valence-electron chi connectivity index (χ0n) is 13.6.